The first-order chi connectivity index (χ1) is 14.3. The SMILES string of the molecule is Fc1cncc(-c2nnc3n2CCC(=C(c2ccccc2)c2ccccc2)C3)c1. The lowest BCUT2D eigenvalue weighted by Crippen LogP contribution is -2.15. The predicted molar refractivity (Wildman–Crippen MR) is 110 cm³/mol. The standard InChI is InChI=1S/C24H19FN4/c25-21-13-20(15-26-16-21)24-28-27-22-14-19(11-12-29(22)24)23(17-7-3-1-4-8-17)18-9-5-2-6-10-18/h1-10,13,15-16H,11-12,14H2. The van der Waals surface area contributed by atoms with Crippen LogP contribution < -0.4 is 0 Å². The van der Waals surface area contributed by atoms with E-state index >= 15 is 0 Å². The van der Waals surface area contributed by atoms with Crippen LogP contribution in [0.25, 0.3) is 17.0 Å². The number of hydrogen-bond donors (Lipinski definition) is 0. The lowest BCUT2D eigenvalue weighted by Gasteiger charge is -2.22. The smallest absolute Gasteiger partial charge is 0.165 e. The van der Waals surface area contributed by atoms with Gasteiger partial charge in [-0.05, 0) is 29.2 Å². The van der Waals surface area contributed by atoms with Gasteiger partial charge in [0.2, 0.25) is 0 Å². The van der Waals surface area contributed by atoms with Gasteiger partial charge in [0.15, 0.2) is 5.82 Å². The van der Waals surface area contributed by atoms with Gasteiger partial charge in [-0.2, -0.15) is 0 Å². The molecule has 2 aromatic heterocycles. The van der Waals surface area contributed by atoms with Crippen LogP contribution in [0.2, 0.25) is 0 Å². The molecule has 0 atom stereocenters. The molecule has 5 rings (SSSR count). The molecule has 4 aromatic rings. The van der Waals surface area contributed by atoms with Gasteiger partial charge in [-0.1, -0.05) is 66.2 Å². The molecule has 0 saturated carbocycles. The molecule has 3 heterocycles. The van der Waals surface area contributed by atoms with Crippen LogP contribution in [0, 0.1) is 5.82 Å². The van der Waals surface area contributed by atoms with Crippen molar-refractivity contribution in [3.63, 3.8) is 0 Å². The summed E-state index contributed by atoms with van der Waals surface area (Å²) in [4.78, 5) is 3.95. The van der Waals surface area contributed by atoms with Crippen molar-refractivity contribution < 1.29 is 4.39 Å². The highest BCUT2D eigenvalue weighted by Crippen LogP contribution is 2.34. The molecule has 0 fully saturated rings. The number of allylic oxidation sites excluding steroid dienone is 1. The third kappa shape index (κ3) is 3.36. The first-order valence-corrected chi connectivity index (χ1v) is 9.65. The van der Waals surface area contributed by atoms with Gasteiger partial charge in [-0.15, -0.1) is 10.2 Å². The van der Waals surface area contributed by atoms with Gasteiger partial charge in [-0.25, -0.2) is 4.39 Å². The van der Waals surface area contributed by atoms with Crippen LogP contribution in [0.15, 0.2) is 84.7 Å². The van der Waals surface area contributed by atoms with E-state index in [1.165, 1.54) is 34.5 Å². The van der Waals surface area contributed by atoms with Crippen molar-refractivity contribution in [1.82, 2.24) is 19.7 Å². The fourth-order valence-corrected chi connectivity index (χ4v) is 3.97. The molecule has 0 N–H and O–H groups in total. The number of fused-ring (bicyclic) bond motifs is 1. The van der Waals surface area contributed by atoms with Gasteiger partial charge in [0.25, 0.3) is 0 Å². The number of rotatable bonds is 3. The summed E-state index contributed by atoms with van der Waals surface area (Å²) in [6.45, 7) is 0.757. The average Bonchev–Trinajstić information content (AvgIpc) is 3.19. The molecule has 2 aromatic carbocycles. The van der Waals surface area contributed by atoms with Crippen LogP contribution in [0.1, 0.15) is 23.4 Å². The van der Waals surface area contributed by atoms with Gasteiger partial charge in [0.1, 0.15) is 11.6 Å². The summed E-state index contributed by atoms with van der Waals surface area (Å²) in [5.41, 5.74) is 5.66. The Balaban J connectivity index is 1.59. The maximum absolute atomic E-state index is 13.6. The number of pyridine rings is 1. The van der Waals surface area contributed by atoms with Crippen molar-refractivity contribution in [1.29, 1.82) is 0 Å². The highest BCUT2D eigenvalue weighted by molar-refractivity contribution is 5.82. The van der Waals surface area contributed by atoms with E-state index in [0.29, 0.717) is 11.4 Å². The van der Waals surface area contributed by atoms with Crippen LogP contribution in [-0.2, 0) is 13.0 Å². The second kappa shape index (κ2) is 7.43. The largest absolute Gasteiger partial charge is 0.310 e. The van der Waals surface area contributed by atoms with Gasteiger partial charge >= 0.3 is 0 Å². The molecular weight excluding hydrogens is 363 g/mol. The van der Waals surface area contributed by atoms with E-state index < -0.39 is 0 Å². The molecule has 29 heavy (non-hydrogen) atoms. The van der Waals surface area contributed by atoms with Crippen molar-refractivity contribution in [3.05, 3.63) is 107 Å². The van der Waals surface area contributed by atoms with Crippen molar-refractivity contribution in [2.45, 2.75) is 19.4 Å². The van der Waals surface area contributed by atoms with Crippen LogP contribution >= 0.6 is 0 Å². The Kier molecular flexibility index (Phi) is 4.48. The summed E-state index contributed by atoms with van der Waals surface area (Å²) in [6.07, 6.45) is 4.43. The van der Waals surface area contributed by atoms with E-state index in [0.717, 1.165) is 25.2 Å². The van der Waals surface area contributed by atoms with Crippen LogP contribution in [-0.4, -0.2) is 19.7 Å². The molecule has 0 radical (unpaired) electrons. The zero-order valence-electron chi connectivity index (χ0n) is 15.8. The normalized spacial score (nSPS) is 13.2. The Hall–Kier alpha value is -3.60. The van der Waals surface area contributed by atoms with Gasteiger partial charge < -0.3 is 4.57 Å². The van der Waals surface area contributed by atoms with E-state index in [1.807, 2.05) is 12.1 Å². The topological polar surface area (TPSA) is 43.6 Å². The zero-order chi connectivity index (χ0) is 19.6. The Morgan fingerprint density at radius 1 is 0.862 bits per heavy atom. The molecule has 0 saturated heterocycles. The zero-order valence-corrected chi connectivity index (χ0v) is 15.8. The van der Waals surface area contributed by atoms with Gasteiger partial charge in [0, 0.05) is 24.7 Å². The highest BCUT2D eigenvalue weighted by atomic mass is 19.1. The molecule has 0 spiro atoms. The monoisotopic (exact) mass is 382 g/mol. The number of hydrogen-bond acceptors (Lipinski definition) is 3. The molecule has 4 nitrogen and oxygen atoms in total. The van der Waals surface area contributed by atoms with Crippen molar-refractivity contribution >= 4 is 5.57 Å². The van der Waals surface area contributed by atoms with Gasteiger partial charge in [0.05, 0.1) is 6.20 Å². The summed E-state index contributed by atoms with van der Waals surface area (Å²) < 4.78 is 15.7. The lowest BCUT2D eigenvalue weighted by molar-refractivity contribution is 0.606. The third-order valence-corrected chi connectivity index (χ3v) is 5.28. The second-order valence-electron chi connectivity index (χ2n) is 7.12. The summed E-state index contributed by atoms with van der Waals surface area (Å²) in [5, 5.41) is 8.74. The molecule has 5 heteroatoms. The molecule has 142 valence electrons. The van der Waals surface area contributed by atoms with Gasteiger partial charge in [-0.3, -0.25) is 4.98 Å². The predicted octanol–water partition coefficient (Wildman–Crippen LogP) is 4.93. The Bertz CT molecular complexity index is 1140. The average molecular weight is 382 g/mol. The Labute approximate surface area is 168 Å². The quantitative estimate of drug-likeness (QED) is 0.505. The molecule has 1 aliphatic rings. The van der Waals surface area contributed by atoms with Crippen molar-refractivity contribution in [3.8, 4) is 11.4 Å². The summed E-state index contributed by atoms with van der Waals surface area (Å²) >= 11 is 0. The fraction of sp³-hybridized carbons (Fsp3) is 0.125. The second-order valence-corrected chi connectivity index (χ2v) is 7.12. The third-order valence-electron chi connectivity index (χ3n) is 5.28. The van der Waals surface area contributed by atoms with Crippen molar-refractivity contribution in [2.75, 3.05) is 0 Å². The summed E-state index contributed by atoms with van der Waals surface area (Å²) in [7, 11) is 0. The van der Waals surface area contributed by atoms with E-state index in [1.54, 1.807) is 6.20 Å². The highest BCUT2D eigenvalue weighted by Gasteiger charge is 2.23. The number of halogens is 1. The maximum atomic E-state index is 13.6. The van der Waals surface area contributed by atoms with Crippen molar-refractivity contribution in [2.24, 2.45) is 0 Å². The first-order valence-electron chi connectivity index (χ1n) is 9.65. The Morgan fingerprint density at radius 3 is 2.21 bits per heavy atom. The molecular formula is C24H19FN4. The van der Waals surface area contributed by atoms with Crippen LogP contribution in [0.3, 0.4) is 0 Å². The first kappa shape index (κ1) is 17.5. The van der Waals surface area contributed by atoms with E-state index in [4.69, 9.17) is 0 Å². The minimum absolute atomic E-state index is 0.369. The minimum atomic E-state index is -0.369. The molecule has 0 bridgehead atoms. The Morgan fingerprint density at radius 2 is 1.55 bits per heavy atom. The molecule has 1 aliphatic heterocycles. The van der Waals surface area contributed by atoms with E-state index in [2.05, 4.69) is 68.3 Å². The number of aromatic nitrogens is 4. The van der Waals surface area contributed by atoms with Crippen LogP contribution in [0.5, 0.6) is 0 Å². The molecule has 0 aliphatic carbocycles. The molecule has 0 amide bonds. The fourth-order valence-electron chi connectivity index (χ4n) is 3.97. The minimum Gasteiger partial charge on any atom is -0.310 e. The molecule has 0 unspecified atom stereocenters. The van der Waals surface area contributed by atoms with E-state index in [9.17, 15) is 4.39 Å². The summed E-state index contributed by atoms with van der Waals surface area (Å²) in [5.74, 6) is 1.20. The number of nitrogens with zero attached hydrogens (tertiary/aromatic N) is 4. The lowest BCUT2D eigenvalue weighted by atomic mass is 9.88. The summed E-state index contributed by atoms with van der Waals surface area (Å²) in [6, 6.07) is 22.4. The maximum Gasteiger partial charge on any atom is 0.165 e. The van der Waals surface area contributed by atoms with Crippen LogP contribution in [0.4, 0.5) is 4.39 Å². The van der Waals surface area contributed by atoms with E-state index in [-0.39, 0.29) is 5.82 Å². The number of benzene rings is 2.